The molecule has 1 saturated heterocycles. The van der Waals surface area contributed by atoms with Gasteiger partial charge in [0.1, 0.15) is 12.5 Å². The summed E-state index contributed by atoms with van der Waals surface area (Å²) in [6, 6.07) is 15.6. The molecule has 1 aliphatic heterocycles. The van der Waals surface area contributed by atoms with E-state index < -0.39 is 24.0 Å². The Bertz CT molecular complexity index is 1170. The fraction of sp³-hybridized carbons (Fsp3) is 0.125. The minimum absolute atomic E-state index is 0.0522. The fourth-order valence-electron chi connectivity index (χ4n) is 3.61. The first-order valence-corrected chi connectivity index (χ1v) is 10.3. The molecule has 4 rings (SSSR count). The maximum absolute atomic E-state index is 12.9. The lowest BCUT2D eigenvalue weighted by molar-refractivity contribution is -0.147. The Hall–Kier alpha value is -3.84. The number of para-hydroxylation sites is 1. The first kappa shape index (κ1) is 21.4. The van der Waals surface area contributed by atoms with Gasteiger partial charge in [0.05, 0.1) is 17.4 Å². The second-order valence-electron chi connectivity index (χ2n) is 7.22. The van der Waals surface area contributed by atoms with Gasteiger partial charge in [-0.15, -0.1) is 0 Å². The molecule has 2 aromatic carbocycles. The highest BCUT2D eigenvalue weighted by molar-refractivity contribution is 6.30. The van der Waals surface area contributed by atoms with Gasteiger partial charge >= 0.3 is 12.0 Å². The predicted octanol–water partition coefficient (Wildman–Crippen LogP) is 4.41. The van der Waals surface area contributed by atoms with Gasteiger partial charge in [-0.2, -0.15) is 5.10 Å². The van der Waals surface area contributed by atoms with Crippen molar-refractivity contribution in [3.05, 3.63) is 96.3 Å². The van der Waals surface area contributed by atoms with E-state index in [2.05, 4.69) is 23.8 Å². The highest BCUT2D eigenvalue weighted by Gasteiger charge is 2.41. The van der Waals surface area contributed by atoms with Gasteiger partial charge < -0.3 is 15.4 Å². The number of esters is 1. The zero-order chi connectivity index (χ0) is 22.7. The van der Waals surface area contributed by atoms with Crippen LogP contribution >= 0.6 is 11.6 Å². The largest absolute Gasteiger partial charge is 0.461 e. The molecule has 3 aromatic rings. The van der Waals surface area contributed by atoms with Crippen molar-refractivity contribution in [2.24, 2.45) is 5.92 Å². The lowest BCUT2D eigenvalue weighted by atomic mass is 9.88. The molecule has 1 aromatic heterocycles. The third-order valence-corrected chi connectivity index (χ3v) is 5.33. The average Bonchev–Trinajstić information content (AvgIpc) is 3.23. The summed E-state index contributed by atoms with van der Waals surface area (Å²) in [5.74, 6) is -1.38. The molecule has 0 saturated carbocycles. The van der Waals surface area contributed by atoms with Crippen molar-refractivity contribution < 1.29 is 14.3 Å². The van der Waals surface area contributed by atoms with E-state index in [1.807, 2.05) is 42.5 Å². The number of aromatic nitrogens is 2. The van der Waals surface area contributed by atoms with Crippen LogP contribution in [0.3, 0.4) is 0 Å². The highest BCUT2D eigenvalue weighted by Crippen LogP contribution is 2.36. The van der Waals surface area contributed by atoms with E-state index in [1.165, 1.54) is 6.08 Å². The number of nitrogens with zero attached hydrogens (tertiary/aromatic N) is 2. The summed E-state index contributed by atoms with van der Waals surface area (Å²) in [4.78, 5) is 25.2. The Kier molecular flexibility index (Phi) is 6.09. The molecule has 2 amide bonds. The minimum Gasteiger partial charge on any atom is -0.461 e. The summed E-state index contributed by atoms with van der Waals surface area (Å²) in [7, 11) is 0. The Balaban J connectivity index is 1.85. The number of nitrogens with one attached hydrogen (secondary N) is 2. The van der Waals surface area contributed by atoms with Crippen molar-refractivity contribution in [3.8, 4) is 16.9 Å². The van der Waals surface area contributed by atoms with Crippen molar-refractivity contribution in [1.29, 1.82) is 0 Å². The maximum atomic E-state index is 12.9. The van der Waals surface area contributed by atoms with Gasteiger partial charge in [-0.25, -0.2) is 9.48 Å². The number of hydrogen-bond acceptors (Lipinski definition) is 4. The first-order valence-electron chi connectivity index (χ1n) is 9.92. The average molecular weight is 449 g/mol. The molecule has 2 heterocycles. The number of hydrogen-bond donors (Lipinski definition) is 2. The van der Waals surface area contributed by atoms with Crippen molar-refractivity contribution in [3.63, 3.8) is 0 Å². The van der Waals surface area contributed by atoms with Crippen molar-refractivity contribution >= 4 is 23.6 Å². The van der Waals surface area contributed by atoms with Gasteiger partial charge in [-0.1, -0.05) is 61.2 Å². The summed E-state index contributed by atoms with van der Waals surface area (Å²) in [5.41, 5.74) is 3.12. The van der Waals surface area contributed by atoms with Crippen LogP contribution in [0, 0.1) is 5.92 Å². The molecular weight excluding hydrogens is 428 g/mol. The van der Waals surface area contributed by atoms with Crippen LogP contribution in [0.2, 0.25) is 5.02 Å². The topological polar surface area (TPSA) is 85.2 Å². The molecule has 0 bridgehead atoms. The van der Waals surface area contributed by atoms with Crippen LogP contribution in [0.25, 0.3) is 16.9 Å². The lowest BCUT2D eigenvalue weighted by Crippen LogP contribution is -2.51. The Morgan fingerprint density at radius 2 is 1.91 bits per heavy atom. The van der Waals surface area contributed by atoms with E-state index >= 15 is 0 Å². The molecule has 7 nitrogen and oxygen atoms in total. The van der Waals surface area contributed by atoms with E-state index in [4.69, 9.17) is 21.4 Å². The number of benzene rings is 2. The number of carbonyl (C=O) groups is 2. The molecule has 0 unspecified atom stereocenters. The second-order valence-corrected chi connectivity index (χ2v) is 7.65. The molecular formula is C24H21ClN4O3. The third kappa shape index (κ3) is 4.29. The van der Waals surface area contributed by atoms with E-state index in [1.54, 1.807) is 23.0 Å². The summed E-state index contributed by atoms with van der Waals surface area (Å²) >= 11 is 6.07. The van der Waals surface area contributed by atoms with Gasteiger partial charge in [0, 0.05) is 28.0 Å². The van der Waals surface area contributed by atoms with Gasteiger partial charge in [0.2, 0.25) is 0 Å². The normalized spacial score (nSPS) is 17.9. The number of ether oxygens (including phenoxy) is 1. The molecule has 162 valence electrons. The Morgan fingerprint density at radius 1 is 1.19 bits per heavy atom. The van der Waals surface area contributed by atoms with Crippen molar-refractivity contribution in [2.45, 2.75) is 6.04 Å². The van der Waals surface area contributed by atoms with Crippen molar-refractivity contribution in [1.82, 2.24) is 20.4 Å². The number of carbonyl (C=O) groups excluding carboxylic acids is 2. The Labute approximate surface area is 190 Å². The molecule has 1 aliphatic rings. The number of rotatable bonds is 6. The SMILES string of the molecule is C=CCOC(=O)[C@@H]1C(=C)NC(=O)N[C@H]1c1cn(-c2ccccc2)nc1-c1ccc(Cl)cc1. The summed E-state index contributed by atoms with van der Waals surface area (Å²) < 4.78 is 7.00. The summed E-state index contributed by atoms with van der Waals surface area (Å²) in [6.45, 7) is 7.51. The van der Waals surface area contributed by atoms with E-state index in [-0.39, 0.29) is 12.3 Å². The molecule has 1 fully saturated rings. The second kappa shape index (κ2) is 9.11. The van der Waals surface area contributed by atoms with Gasteiger partial charge in [-0.3, -0.25) is 4.79 Å². The van der Waals surface area contributed by atoms with Gasteiger partial charge in [0.15, 0.2) is 0 Å². The zero-order valence-electron chi connectivity index (χ0n) is 17.1. The van der Waals surface area contributed by atoms with Crippen LogP contribution in [-0.4, -0.2) is 28.4 Å². The molecule has 0 aliphatic carbocycles. The van der Waals surface area contributed by atoms with E-state index in [9.17, 15) is 9.59 Å². The molecule has 0 radical (unpaired) electrons. The van der Waals surface area contributed by atoms with Crippen LogP contribution in [0.4, 0.5) is 4.79 Å². The monoisotopic (exact) mass is 448 g/mol. The highest BCUT2D eigenvalue weighted by atomic mass is 35.5. The smallest absolute Gasteiger partial charge is 0.319 e. The quantitative estimate of drug-likeness (QED) is 0.432. The minimum atomic E-state index is -0.855. The number of halogens is 1. The summed E-state index contributed by atoms with van der Waals surface area (Å²) in [5, 5.41) is 10.8. The molecule has 2 N–H and O–H groups in total. The van der Waals surface area contributed by atoms with Crippen molar-refractivity contribution in [2.75, 3.05) is 6.61 Å². The third-order valence-electron chi connectivity index (χ3n) is 5.08. The van der Waals surface area contributed by atoms with E-state index in [0.717, 1.165) is 11.3 Å². The van der Waals surface area contributed by atoms with Crippen LogP contribution in [0.5, 0.6) is 0 Å². The van der Waals surface area contributed by atoms with Gasteiger partial charge in [-0.05, 0) is 24.3 Å². The van der Waals surface area contributed by atoms with Gasteiger partial charge in [0.25, 0.3) is 0 Å². The molecule has 2 atom stereocenters. The van der Waals surface area contributed by atoms with Crippen LogP contribution < -0.4 is 10.6 Å². The fourth-order valence-corrected chi connectivity index (χ4v) is 3.74. The molecule has 32 heavy (non-hydrogen) atoms. The lowest BCUT2D eigenvalue weighted by Gasteiger charge is -2.32. The molecule has 8 heteroatoms. The van der Waals surface area contributed by atoms with Crippen LogP contribution in [-0.2, 0) is 9.53 Å². The Morgan fingerprint density at radius 3 is 2.59 bits per heavy atom. The van der Waals surface area contributed by atoms with Crippen LogP contribution in [0.15, 0.2) is 85.7 Å². The molecule has 0 spiro atoms. The summed E-state index contributed by atoms with van der Waals surface area (Å²) in [6.07, 6.45) is 3.29. The zero-order valence-corrected chi connectivity index (χ0v) is 17.9. The number of urea groups is 1. The first-order chi connectivity index (χ1) is 15.5. The predicted molar refractivity (Wildman–Crippen MR) is 122 cm³/mol. The number of amides is 2. The van der Waals surface area contributed by atoms with Crippen LogP contribution in [0.1, 0.15) is 11.6 Å². The maximum Gasteiger partial charge on any atom is 0.319 e. The standard InChI is InChI=1S/C24H21ClN4O3/c1-3-13-32-23(30)20-15(2)26-24(31)27-22(20)19-14-29(18-7-5-4-6-8-18)28-21(19)16-9-11-17(25)12-10-16/h3-12,14,20,22H,1-2,13H2,(H2,26,27,31)/t20-,22+/m1/s1. The van der Waals surface area contributed by atoms with E-state index in [0.29, 0.717) is 16.3 Å².